The lowest BCUT2D eigenvalue weighted by Gasteiger charge is -2.37. The summed E-state index contributed by atoms with van der Waals surface area (Å²) >= 11 is 0. The number of aromatic amines is 1. The molecule has 11 nitrogen and oxygen atoms in total. The molecule has 1 saturated heterocycles. The smallest absolute Gasteiger partial charge is 0.425 e. The van der Waals surface area contributed by atoms with Gasteiger partial charge in [-0.3, -0.25) is 9.89 Å². The highest BCUT2D eigenvalue weighted by molar-refractivity contribution is 5.74. The fraction of sp³-hybridized carbons (Fsp3) is 0.526. The zero-order valence-electron chi connectivity index (χ0n) is 18.1. The van der Waals surface area contributed by atoms with Crippen molar-refractivity contribution in [1.29, 1.82) is 0 Å². The van der Waals surface area contributed by atoms with Crippen molar-refractivity contribution in [3.63, 3.8) is 0 Å². The van der Waals surface area contributed by atoms with Crippen molar-refractivity contribution in [3.8, 4) is 0 Å². The van der Waals surface area contributed by atoms with Crippen LogP contribution in [0.15, 0.2) is 18.3 Å². The average molecular weight is 471 g/mol. The van der Waals surface area contributed by atoms with E-state index >= 15 is 0 Å². The summed E-state index contributed by atoms with van der Waals surface area (Å²) in [5, 5.41) is 12.0. The number of anilines is 3. The zero-order valence-corrected chi connectivity index (χ0v) is 18.1. The van der Waals surface area contributed by atoms with E-state index < -0.39 is 36.3 Å². The van der Waals surface area contributed by atoms with Gasteiger partial charge < -0.3 is 25.0 Å². The maximum absolute atomic E-state index is 12.7. The van der Waals surface area contributed by atoms with E-state index in [1.165, 1.54) is 7.11 Å². The Hall–Kier alpha value is -3.58. The van der Waals surface area contributed by atoms with Crippen LogP contribution in [0.1, 0.15) is 19.0 Å². The summed E-state index contributed by atoms with van der Waals surface area (Å²) in [6, 6.07) is 2.71. The number of alkyl carbamates (subject to hydrolysis) is 1. The van der Waals surface area contributed by atoms with Gasteiger partial charge in [-0.25, -0.2) is 9.78 Å². The molecule has 1 aliphatic rings. The molecule has 0 spiro atoms. The van der Waals surface area contributed by atoms with Gasteiger partial charge in [0.1, 0.15) is 11.6 Å². The number of halogens is 3. The molecule has 14 heteroatoms. The van der Waals surface area contributed by atoms with E-state index in [0.717, 1.165) is 6.92 Å². The second kappa shape index (κ2) is 9.92. The Kier molecular flexibility index (Phi) is 7.23. The van der Waals surface area contributed by atoms with Gasteiger partial charge in [0.15, 0.2) is 6.10 Å². The Balaban J connectivity index is 1.77. The third-order valence-corrected chi connectivity index (χ3v) is 4.94. The number of methoxy groups -OCH3 is 1. The number of carbonyl (C=O) groups is 2. The summed E-state index contributed by atoms with van der Waals surface area (Å²) in [4.78, 5) is 34.8. The molecule has 3 rings (SSSR count). The first-order valence-electron chi connectivity index (χ1n) is 10.0. The van der Waals surface area contributed by atoms with Crippen LogP contribution in [0.2, 0.25) is 0 Å². The minimum atomic E-state index is -4.68. The number of alkyl halides is 3. The Morgan fingerprint density at radius 3 is 2.70 bits per heavy atom. The summed E-state index contributed by atoms with van der Waals surface area (Å²) in [5.74, 6) is 0.153. The number of hydrogen-bond donors (Lipinski definition) is 3. The highest BCUT2D eigenvalue weighted by atomic mass is 19.4. The summed E-state index contributed by atoms with van der Waals surface area (Å²) in [7, 11) is 1.23. The molecule has 0 aliphatic carbocycles. The van der Waals surface area contributed by atoms with Crippen LogP contribution in [0.25, 0.3) is 0 Å². The van der Waals surface area contributed by atoms with Gasteiger partial charge in [-0.2, -0.15) is 23.3 Å². The second-order valence-electron chi connectivity index (χ2n) is 7.58. The van der Waals surface area contributed by atoms with E-state index in [0.29, 0.717) is 17.3 Å². The number of nitrogens with one attached hydrogen (secondary N) is 3. The van der Waals surface area contributed by atoms with E-state index in [1.54, 1.807) is 30.2 Å². The number of hydrogen-bond acceptors (Lipinski definition) is 9. The highest BCUT2D eigenvalue weighted by Gasteiger charge is 2.40. The number of piperidine rings is 1. The molecule has 3 heterocycles. The number of carbonyl (C=O) groups excluding carboxylic acids is 2. The number of nitrogens with zero attached hydrogens (tertiary/aromatic N) is 4. The maximum Gasteiger partial charge on any atom is 0.425 e. The van der Waals surface area contributed by atoms with Crippen molar-refractivity contribution in [2.75, 3.05) is 30.4 Å². The number of aromatic nitrogens is 4. The van der Waals surface area contributed by atoms with Crippen LogP contribution < -0.4 is 15.5 Å². The summed E-state index contributed by atoms with van der Waals surface area (Å²) in [6.07, 6.45) is -6.47. The summed E-state index contributed by atoms with van der Waals surface area (Å²) in [6.45, 7) is 2.84. The first-order chi connectivity index (χ1) is 15.5. The number of amides is 1. The van der Waals surface area contributed by atoms with Crippen LogP contribution in [0.5, 0.6) is 0 Å². The zero-order chi connectivity index (χ0) is 24.2. The van der Waals surface area contributed by atoms with Crippen molar-refractivity contribution in [1.82, 2.24) is 25.5 Å². The molecule has 2 aromatic heterocycles. The van der Waals surface area contributed by atoms with Gasteiger partial charge in [0.05, 0.1) is 25.3 Å². The van der Waals surface area contributed by atoms with E-state index in [2.05, 4.69) is 35.5 Å². The molecule has 0 radical (unpaired) electrons. The second-order valence-corrected chi connectivity index (χ2v) is 7.58. The molecule has 0 bridgehead atoms. The van der Waals surface area contributed by atoms with Gasteiger partial charge in [0.2, 0.25) is 5.95 Å². The maximum atomic E-state index is 12.7. The molecular weight excluding hydrogens is 447 g/mol. The van der Waals surface area contributed by atoms with Crippen LogP contribution in [-0.2, 0) is 14.3 Å². The molecule has 33 heavy (non-hydrogen) atoms. The molecule has 3 atom stereocenters. The lowest BCUT2D eigenvalue weighted by molar-refractivity contribution is -0.197. The van der Waals surface area contributed by atoms with Gasteiger partial charge in [0.25, 0.3) is 0 Å². The van der Waals surface area contributed by atoms with Crippen molar-refractivity contribution in [2.24, 2.45) is 5.92 Å². The van der Waals surface area contributed by atoms with E-state index in [-0.39, 0.29) is 25.5 Å². The molecule has 0 unspecified atom stereocenters. The normalized spacial score (nSPS) is 19.5. The van der Waals surface area contributed by atoms with Crippen LogP contribution in [-0.4, -0.2) is 70.7 Å². The van der Waals surface area contributed by atoms with Crippen molar-refractivity contribution >= 4 is 29.6 Å². The average Bonchev–Trinajstić information content (AvgIpc) is 3.24. The van der Waals surface area contributed by atoms with Gasteiger partial charge in [-0.15, -0.1) is 0 Å². The molecule has 180 valence electrons. The third kappa shape index (κ3) is 6.46. The topological polar surface area (TPSA) is 134 Å². The van der Waals surface area contributed by atoms with Crippen LogP contribution in [0.3, 0.4) is 0 Å². The number of esters is 1. The van der Waals surface area contributed by atoms with Crippen molar-refractivity contribution in [2.45, 2.75) is 38.6 Å². The Labute approximate surface area is 187 Å². The Bertz CT molecular complexity index is 971. The Morgan fingerprint density at radius 1 is 1.30 bits per heavy atom. The van der Waals surface area contributed by atoms with Crippen LogP contribution >= 0.6 is 0 Å². The quantitative estimate of drug-likeness (QED) is 0.543. The fourth-order valence-electron chi connectivity index (χ4n) is 3.35. The monoisotopic (exact) mass is 471 g/mol. The standard InChI is InChI=1S/C19H24F3N7O4/c1-10-6-15(26-14-4-5-23-28-14)27-17(24-10)29-8-12(16(30)32-3)7-13(9-29)25-18(31)33-11(2)19(20,21)22/h4-6,11-13H,7-9H2,1-3H3,(H,25,31)(H2,23,24,26,27,28)/t11-,12+,13+/m0/s1. The minimum Gasteiger partial charge on any atom is -0.469 e. The van der Waals surface area contributed by atoms with E-state index in [4.69, 9.17) is 4.74 Å². The largest absolute Gasteiger partial charge is 0.469 e. The van der Waals surface area contributed by atoms with Gasteiger partial charge >= 0.3 is 18.2 Å². The first kappa shape index (κ1) is 24.1. The minimum absolute atomic E-state index is 0.149. The SMILES string of the molecule is COC(=O)[C@@H]1C[C@@H](NC(=O)O[C@@H](C)C(F)(F)F)CN(c2nc(C)cc(Nc3ccn[nH]3)n2)C1. The first-order valence-corrected chi connectivity index (χ1v) is 10.0. The molecule has 0 aromatic carbocycles. The number of aryl methyl sites for hydroxylation is 1. The fourth-order valence-corrected chi connectivity index (χ4v) is 3.35. The molecule has 1 aliphatic heterocycles. The Morgan fingerprint density at radius 2 is 2.06 bits per heavy atom. The highest BCUT2D eigenvalue weighted by Crippen LogP contribution is 2.25. The van der Waals surface area contributed by atoms with Gasteiger partial charge in [-0.1, -0.05) is 0 Å². The lowest BCUT2D eigenvalue weighted by atomic mass is 9.94. The molecule has 1 fully saturated rings. The van der Waals surface area contributed by atoms with Gasteiger partial charge in [0, 0.05) is 30.9 Å². The van der Waals surface area contributed by atoms with Crippen LogP contribution in [0.4, 0.5) is 35.5 Å². The van der Waals surface area contributed by atoms with Crippen molar-refractivity contribution in [3.05, 3.63) is 24.0 Å². The van der Waals surface area contributed by atoms with E-state index in [1.807, 2.05) is 0 Å². The molecule has 1 amide bonds. The van der Waals surface area contributed by atoms with E-state index in [9.17, 15) is 22.8 Å². The number of ether oxygens (including phenoxy) is 2. The van der Waals surface area contributed by atoms with Crippen molar-refractivity contribution < 1.29 is 32.2 Å². The number of rotatable bonds is 6. The molecular formula is C19H24F3N7O4. The third-order valence-electron chi connectivity index (χ3n) is 4.94. The molecule has 0 saturated carbocycles. The molecule has 3 N–H and O–H groups in total. The van der Waals surface area contributed by atoms with Gasteiger partial charge in [-0.05, 0) is 20.3 Å². The molecule has 2 aromatic rings. The summed E-state index contributed by atoms with van der Waals surface area (Å²) in [5.41, 5.74) is 0.630. The predicted octanol–water partition coefficient (Wildman–Crippen LogP) is 2.30. The summed E-state index contributed by atoms with van der Waals surface area (Å²) < 4.78 is 47.3. The number of H-pyrrole nitrogens is 1. The van der Waals surface area contributed by atoms with Crippen LogP contribution in [0, 0.1) is 12.8 Å². The predicted molar refractivity (Wildman–Crippen MR) is 110 cm³/mol. The lowest BCUT2D eigenvalue weighted by Crippen LogP contribution is -2.53.